The molecule has 0 aliphatic heterocycles. The van der Waals surface area contributed by atoms with E-state index in [1.165, 1.54) is 12.1 Å². The molecule has 11 rings (SSSR count). The van der Waals surface area contributed by atoms with Crippen LogP contribution in [0.4, 0.5) is 17.6 Å². The van der Waals surface area contributed by atoms with Gasteiger partial charge in [0.15, 0.2) is 0 Å². The van der Waals surface area contributed by atoms with E-state index in [1.807, 2.05) is 72.8 Å². The Hall–Kier alpha value is -7.57. The zero-order valence-electron chi connectivity index (χ0n) is 31.6. The van der Waals surface area contributed by atoms with Crippen molar-refractivity contribution >= 4 is 71.1 Å². The van der Waals surface area contributed by atoms with Crippen LogP contribution in [-0.2, 0) is 6.18 Å². The summed E-state index contributed by atoms with van der Waals surface area (Å²) in [6, 6.07) is 55.8. The zero-order chi connectivity index (χ0) is 40.7. The Balaban J connectivity index is 1.13. The van der Waals surface area contributed by atoms with E-state index < -0.39 is 17.8 Å². The van der Waals surface area contributed by atoms with Gasteiger partial charge in [-0.1, -0.05) is 140 Å². The molecule has 11 aromatic rings. The van der Waals surface area contributed by atoms with Gasteiger partial charge in [-0.15, -0.1) is 0 Å². The summed E-state index contributed by atoms with van der Waals surface area (Å²) in [5.41, 5.74) is 8.32. The second-order valence-corrected chi connectivity index (χ2v) is 15.1. The summed E-state index contributed by atoms with van der Waals surface area (Å²) in [6.45, 7) is 0. The Bertz CT molecular complexity index is 3430. The molecule has 1 aromatic heterocycles. The molecular formula is C54H30F4O2. The van der Waals surface area contributed by atoms with Crippen LogP contribution >= 0.6 is 0 Å². The van der Waals surface area contributed by atoms with Crippen molar-refractivity contribution in [1.29, 1.82) is 0 Å². The average Bonchev–Trinajstić information content (AvgIpc) is 3.65. The predicted octanol–water partition coefficient (Wildman–Crippen LogP) is 16.0. The lowest BCUT2D eigenvalue weighted by Gasteiger charge is -2.18. The van der Waals surface area contributed by atoms with Crippen molar-refractivity contribution in [2.75, 3.05) is 0 Å². The van der Waals surface area contributed by atoms with E-state index in [0.29, 0.717) is 5.56 Å². The highest BCUT2D eigenvalue weighted by molar-refractivity contribution is 6.26. The number of benzene rings is 10. The third-order valence-electron chi connectivity index (χ3n) is 11.8. The molecule has 0 unspecified atom stereocenters. The lowest BCUT2D eigenvalue weighted by molar-refractivity contribution is -0.137. The summed E-state index contributed by atoms with van der Waals surface area (Å²) < 4.78 is 61.0. The molecule has 0 bridgehead atoms. The summed E-state index contributed by atoms with van der Waals surface area (Å²) in [7, 11) is 0. The second kappa shape index (κ2) is 13.5. The molecule has 0 N–H and O–H groups in total. The van der Waals surface area contributed by atoms with Gasteiger partial charge in [0.25, 0.3) is 0 Å². The average molecular weight is 787 g/mol. The first-order valence-electron chi connectivity index (χ1n) is 19.6. The molecular weight excluding hydrogens is 757 g/mol. The Labute approximate surface area is 340 Å². The van der Waals surface area contributed by atoms with Gasteiger partial charge < -0.3 is 4.42 Å². The first kappa shape index (κ1) is 35.6. The molecule has 0 atom stereocenters. The maximum atomic E-state index is 13.6. The third kappa shape index (κ3) is 5.52. The highest BCUT2D eigenvalue weighted by Gasteiger charge is 2.30. The first-order chi connectivity index (χ1) is 29.2. The Morgan fingerprint density at radius 1 is 0.400 bits per heavy atom. The van der Waals surface area contributed by atoms with Gasteiger partial charge in [-0.05, 0) is 130 Å². The summed E-state index contributed by atoms with van der Waals surface area (Å²) >= 11 is 0. The van der Waals surface area contributed by atoms with Crippen LogP contribution in [0.3, 0.4) is 0 Å². The van der Waals surface area contributed by atoms with Crippen LogP contribution < -0.4 is 0 Å². The molecule has 0 spiro atoms. The van der Waals surface area contributed by atoms with Gasteiger partial charge in [-0.3, -0.25) is 4.79 Å². The van der Waals surface area contributed by atoms with Crippen LogP contribution in [0, 0.1) is 0 Å². The van der Waals surface area contributed by atoms with Crippen LogP contribution in [0.2, 0.25) is 0 Å². The normalized spacial score (nSPS) is 12.1. The Morgan fingerprint density at radius 3 is 1.27 bits per heavy atom. The molecule has 6 heteroatoms. The second-order valence-electron chi connectivity index (χ2n) is 15.1. The van der Waals surface area contributed by atoms with E-state index >= 15 is 0 Å². The van der Waals surface area contributed by atoms with Gasteiger partial charge in [-0.25, -0.2) is 0 Å². The van der Waals surface area contributed by atoms with Crippen molar-refractivity contribution < 1.29 is 26.8 Å². The van der Waals surface area contributed by atoms with E-state index in [-0.39, 0.29) is 5.56 Å². The fourth-order valence-corrected chi connectivity index (χ4v) is 9.26. The highest BCUT2D eigenvalue weighted by atomic mass is 19.4. The van der Waals surface area contributed by atoms with E-state index in [0.717, 1.165) is 116 Å². The zero-order valence-corrected chi connectivity index (χ0v) is 31.6. The van der Waals surface area contributed by atoms with Gasteiger partial charge in [0, 0.05) is 10.8 Å². The fraction of sp³-hybridized carbons (Fsp3) is 0.0185. The molecule has 0 amide bonds. The molecule has 0 aliphatic carbocycles. The van der Waals surface area contributed by atoms with Gasteiger partial charge >= 0.3 is 12.2 Å². The molecule has 0 fully saturated rings. The molecule has 1 heterocycles. The van der Waals surface area contributed by atoms with Crippen LogP contribution in [0.5, 0.6) is 0 Å². The minimum atomic E-state index is -4.43. The molecule has 0 aliphatic rings. The third-order valence-corrected chi connectivity index (χ3v) is 11.8. The van der Waals surface area contributed by atoms with Crippen molar-refractivity contribution in [3.05, 3.63) is 193 Å². The van der Waals surface area contributed by atoms with E-state index in [2.05, 4.69) is 60.7 Å². The highest BCUT2D eigenvalue weighted by Crippen LogP contribution is 2.49. The van der Waals surface area contributed by atoms with E-state index in [4.69, 9.17) is 4.42 Å². The van der Waals surface area contributed by atoms with E-state index in [9.17, 15) is 22.4 Å². The van der Waals surface area contributed by atoms with Gasteiger partial charge in [-0.2, -0.15) is 17.6 Å². The van der Waals surface area contributed by atoms with Crippen LogP contribution in [0.15, 0.2) is 186 Å². The lowest BCUT2D eigenvalue weighted by atomic mass is 9.84. The summed E-state index contributed by atoms with van der Waals surface area (Å²) in [5, 5.41) is 9.91. The standard InChI is InChI=1S/C54H30F4O2/c55-53(59)33-22-20-31(21-23-33)48-40-14-5-7-16-42(40)51(43-17-8-6-15-41(43)48)45-18-9-19-46-52(45)44-29-26-34(30-47(44)60-46)50-38-12-3-1-10-36(38)49(37-11-2-4-13-39(37)50)32-24-27-35(28-25-32)54(56,57)58/h1-30H. The first-order valence-corrected chi connectivity index (χ1v) is 19.6. The fourth-order valence-electron chi connectivity index (χ4n) is 9.26. The molecule has 2 nitrogen and oxygen atoms in total. The molecule has 10 aromatic carbocycles. The number of hydrogen-bond donors (Lipinski definition) is 0. The Morgan fingerprint density at radius 2 is 0.817 bits per heavy atom. The molecule has 60 heavy (non-hydrogen) atoms. The minimum absolute atomic E-state index is 0.0159. The number of rotatable bonds is 5. The van der Waals surface area contributed by atoms with E-state index in [1.54, 1.807) is 24.3 Å². The lowest BCUT2D eigenvalue weighted by Crippen LogP contribution is -2.04. The number of halogens is 4. The number of furan rings is 1. The van der Waals surface area contributed by atoms with Gasteiger partial charge in [0.05, 0.1) is 11.1 Å². The summed E-state index contributed by atoms with van der Waals surface area (Å²) in [6.07, 6.45) is -4.43. The van der Waals surface area contributed by atoms with Crippen LogP contribution in [-0.4, -0.2) is 6.04 Å². The number of hydrogen-bond acceptors (Lipinski definition) is 2. The van der Waals surface area contributed by atoms with Crippen molar-refractivity contribution in [1.82, 2.24) is 0 Å². The van der Waals surface area contributed by atoms with Gasteiger partial charge in [0.2, 0.25) is 0 Å². The quantitative estimate of drug-likeness (QED) is 0.0988. The monoisotopic (exact) mass is 786 g/mol. The SMILES string of the molecule is O=C(F)c1ccc(-c2c3ccccc3c(-c3cccc4oc5cc(-c6c7ccccc7c(-c7ccc(C(F)(F)F)cc7)c7ccccc67)ccc5c34)c3ccccc23)cc1. The molecule has 0 radical (unpaired) electrons. The number of carbonyl (C=O) groups is 1. The maximum Gasteiger partial charge on any atom is 0.416 e. The topological polar surface area (TPSA) is 30.2 Å². The molecule has 0 saturated carbocycles. The van der Waals surface area contributed by atoms with Crippen LogP contribution in [0.25, 0.3) is 110 Å². The number of carbonyl (C=O) groups excluding carboxylic acids is 1. The smallest absolute Gasteiger partial charge is 0.416 e. The van der Waals surface area contributed by atoms with Crippen molar-refractivity contribution in [3.63, 3.8) is 0 Å². The number of alkyl halides is 3. The number of fused-ring (bicyclic) bond motifs is 7. The maximum absolute atomic E-state index is 13.6. The summed E-state index contributed by atoms with van der Waals surface area (Å²) in [5.74, 6) is 0. The largest absolute Gasteiger partial charge is 0.456 e. The van der Waals surface area contributed by atoms with Crippen molar-refractivity contribution in [2.45, 2.75) is 6.18 Å². The molecule has 0 saturated heterocycles. The predicted molar refractivity (Wildman–Crippen MR) is 236 cm³/mol. The van der Waals surface area contributed by atoms with Crippen molar-refractivity contribution in [2.24, 2.45) is 0 Å². The van der Waals surface area contributed by atoms with Crippen molar-refractivity contribution in [3.8, 4) is 44.5 Å². The van der Waals surface area contributed by atoms with Crippen LogP contribution in [0.1, 0.15) is 15.9 Å². The molecule has 286 valence electrons. The minimum Gasteiger partial charge on any atom is -0.456 e. The summed E-state index contributed by atoms with van der Waals surface area (Å²) in [4.78, 5) is 11.5. The van der Waals surface area contributed by atoms with Gasteiger partial charge in [0.1, 0.15) is 11.2 Å². The Kier molecular flexibility index (Phi) is 8.01.